The Labute approximate surface area is 162 Å². The van der Waals surface area contributed by atoms with E-state index in [-0.39, 0.29) is 22.4 Å². The molecule has 0 fully saturated rings. The zero-order chi connectivity index (χ0) is 21.0. The summed E-state index contributed by atoms with van der Waals surface area (Å²) < 4.78 is 59.1. The van der Waals surface area contributed by atoms with Gasteiger partial charge in [-0.2, -0.15) is 0 Å². The van der Waals surface area contributed by atoms with Crippen molar-refractivity contribution in [1.82, 2.24) is 10.3 Å². The quantitative estimate of drug-likeness (QED) is 0.615. The number of aromatic amines is 1. The van der Waals surface area contributed by atoms with Gasteiger partial charge in [-0.1, -0.05) is 18.2 Å². The van der Waals surface area contributed by atoms with Gasteiger partial charge in [0.1, 0.15) is 0 Å². The van der Waals surface area contributed by atoms with Crippen LogP contribution in [0.15, 0.2) is 59.5 Å². The lowest BCUT2D eigenvalue weighted by Crippen LogP contribution is -2.30. The lowest BCUT2D eigenvalue weighted by atomic mass is 9.97. The number of ether oxygens (including phenoxy) is 1. The average molecular weight is 406 g/mol. The monoisotopic (exact) mass is 406 g/mol. The van der Waals surface area contributed by atoms with Crippen LogP contribution >= 0.6 is 0 Å². The second kappa shape index (κ2) is 8.59. The van der Waals surface area contributed by atoms with Crippen LogP contribution in [0.5, 0.6) is 5.75 Å². The Bertz CT molecular complexity index is 1080. The van der Waals surface area contributed by atoms with Crippen molar-refractivity contribution in [2.24, 2.45) is 0 Å². The van der Waals surface area contributed by atoms with Crippen LogP contribution in [0.1, 0.15) is 27.5 Å². The number of benzene rings is 2. The number of nitrogens with one attached hydrogen (secondary N) is 2. The van der Waals surface area contributed by atoms with Crippen LogP contribution in [0.25, 0.3) is 0 Å². The lowest BCUT2D eigenvalue weighted by Gasteiger charge is -2.21. The van der Waals surface area contributed by atoms with Crippen LogP contribution in [0.4, 0.5) is 17.6 Å². The third kappa shape index (κ3) is 4.45. The summed E-state index contributed by atoms with van der Waals surface area (Å²) in [4.78, 5) is 26.0. The van der Waals surface area contributed by atoms with Crippen LogP contribution in [-0.2, 0) is 0 Å². The Hall–Kier alpha value is -3.62. The van der Waals surface area contributed by atoms with E-state index >= 15 is 0 Å². The molecule has 1 unspecified atom stereocenters. The van der Waals surface area contributed by atoms with E-state index in [4.69, 9.17) is 0 Å². The molecule has 1 aromatic heterocycles. The number of H-pyrrole nitrogens is 1. The first-order valence-electron chi connectivity index (χ1n) is 8.32. The summed E-state index contributed by atoms with van der Waals surface area (Å²) >= 11 is 0. The molecule has 0 saturated heterocycles. The zero-order valence-corrected chi connectivity index (χ0v) is 14.7. The number of alkyl halides is 1. The molecule has 0 saturated carbocycles. The number of carbonyl (C=O) groups excluding carboxylic acids is 1. The number of hydrogen-bond acceptors (Lipinski definition) is 3. The van der Waals surface area contributed by atoms with Gasteiger partial charge in [-0.25, -0.2) is 17.6 Å². The van der Waals surface area contributed by atoms with Gasteiger partial charge in [0.05, 0.1) is 11.6 Å². The Morgan fingerprint density at radius 1 is 1.07 bits per heavy atom. The van der Waals surface area contributed by atoms with Crippen LogP contribution in [0.3, 0.4) is 0 Å². The van der Waals surface area contributed by atoms with Crippen molar-refractivity contribution in [2.45, 2.75) is 6.04 Å². The van der Waals surface area contributed by atoms with Crippen LogP contribution in [0, 0.1) is 17.5 Å². The molecular weight excluding hydrogens is 392 g/mol. The fourth-order valence-corrected chi connectivity index (χ4v) is 2.72. The fourth-order valence-electron chi connectivity index (χ4n) is 2.72. The molecule has 9 heteroatoms. The van der Waals surface area contributed by atoms with Gasteiger partial charge in [0.25, 0.3) is 5.91 Å². The number of hydrogen-bond donors (Lipinski definition) is 2. The van der Waals surface area contributed by atoms with Crippen molar-refractivity contribution in [2.75, 3.05) is 6.86 Å². The van der Waals surface area contributed by atoms with Crippen molar-refractivity contribution >= 4 is 5.91 Å². The van der Waals surface area contributed by atoms with Crippen molar-refractivity contribution in [3.8, 4) is 5.75 Å². The smallest absolute Gasteiger partial charge is 0.253 e. The second-order valence-corrected chi connectivity index (χ2v) is 5.93. The largest absolute Gasteiger partial charge is 0.460 e. The van der Waals surface area contributed by atoms with Crippen LogP contribution < -0.4 is 15.6 Å². The summed E-state index contributed by atoms with van der Waals surface area (Å²) in [5, 5.41) is 2.48. The Morgan fingerprint density at radius 2 is 1.86 bits per heavy atom. The third-order valence-corrected chi connectivity index (χ3v) is 4.11. The minimum atomic E-state index is -1.28. The van der Waals surface area contributed by atoms with Crippen molar-refractivity contribution in [3.63, 3.8) is 0 Å². The topological polar surface area (TPSA) is 71.2 Å². The molecule has 3 rings (SSSR count). The fraction of sp³-hybridized carbons (Fsp3) is 0.100. The molecule has 0 aliphatic heterocycles. The number of rotatable bonds is 6. The van der Waals surface area contributed by atoms with Gasteiger partial charge in [0.2, 0.25) is 12.4 Å². The number of amides is 1. The highest BCUT2D eigenvalue weighted by Gasteiger charge is 2.24. The summed E-state index contributed by atoms with van der Waals surface area (Å²) in [5.41, 5.74) is -0.568. The van der Waals surface area contributed by atoms with E-state index in [1.165, 1.54) is 24.3 Å². The number of halogens is 4. The molecule has 0 radical (unpaired) electrons. The molecule has 2 aromatic carbocycles. The van der Waals surface area contributed by atoms with E-state index < -0.39 is 41.8 Å². The van der Waals surface area contributed by atoms with Crippen molar-refractivity contribution in [3.05, 3.63) is 99.2 Å². The van der Waals surface area contributed by atoms with E-state index in [1.807, 2.05) is 0 Å². The maximum atomic E-state index is 14.4. The van der Waals surface area contributed by atoms with Crippen molar-refractivity contribution < 1.29 is 27.1 Å². The molecule has 1 heterocycles. The van der Waals surface area contributed by atoms with E-state index in [1.54, 1.807) is 0 Å². The van der Waals surface area contributed by atoms with Gasteiger partial charge in [-0.05, 0) is 29.8 Å². The molecule has 5 nitrogen and oxygen atoms in total. The molecule has 29 heavy (non-hydrogen) atoms. The highest BCUT2D eigenvalue weighted by molar-refractivity contribution is 5.94. The number of aromatic nitrogens is 1. The summed E-state index contributed by atoms with van der Waals surface area (Å²) in [6.07, 6.45) is 1.15. The number of pyridine rings is 1. The molecule has 0 aliphatic carbocycles. The minimum absolute atomic E-state index is 0.0456. The minimum Gasteiger partial charge on any atom is -0.460 e. The van der Waals surface area contributed by atoms with Gasteiger partial charge in [0, 0.05) is 17.8 Å². The van der Waals surface area contributed by atoms with Gasteiger partial charge in [-0.15, -0.1) is 0 Å². The predicted molar refractivity (Wildman–Crippen MR) is 95.7 cm³/mol. The Kier molecular flexibility index (Phi) is 5.96. The maximum absolute atomic E-state index is 14.4. The Morgan fingerprint density at radius 3 is 2.52 bits per heavy atom. The van der Waals surface area contributed by atoms with E-state index in [0.717, 1.165) is 30.5 Å². The molecule has 150 valence electrons. The predicted octanol–water partition coefficient (Wildman–Crippen LogP) is 3.62. The van der Waals surface area contributed by atoms with Gasteiger partial charge in [-0.3, -0.25) is 9.59 Å². The second-order valence-electron chi connectivity index (χ2n) is 5.93. The SMILES string of the molecule is O=C(NC(c1ccc(OCF)c(F)c1)c1cccc(F)c1F)c1ccc(=O)[nH]c1. The van der Waals surface area contributed by atoms with Gasteiger partial charge < -0.3 is 15.0 Å². The molecule has 3 aromatic rings. The van der Waals surface area contributed by atoms with E-state index in [9.17, 15) is 27.2 Å². The van der Waals surface area contributed by atoms with Gasteiger partial charge >= 0.3 is 0 Å². The summed E-state index contributed by atoms with van der Waals surface area (Å²) in [6.45, 7) is -1.25. The van der Waals surface area contributed by atoms with E-state index in [2.05, 4.69) is 15.0 Å². The highest BCUT2D eigenvalue weighted by Crippen LogP contribution is 2.29. The summed E-state index contributed by atoms with van der Waals surface area (Å²) in [6, 6.07) is 7.78. The van der Waals surface area contributed by atoms with Gasteiger partial charge in [0.15, 0.2) is 23.2 Å². The lowest BCUT2D eigenvalue weighted by molar-refractivity contribution is 0.0942. The molecule has 0 aliphatic rings. The standard InChI is InChI=1S/C20H14F4N2O3/c21-10-29-16-6-4-11(8-15(16)23)19(13-2-1-3-14(22)18(13)24)26-20(28)12-5-7-17(27)25-9-12/h1-9,19H,10H2,(H,25,27)(H,26,28). The van der Waals surface area contributed by atoms with E-state index in [0.29, 0.717) is 0 Å². The first-order chi connectivity index (χ1) is 13.9. The number of carbonyl (C=O) groups is 1. The molecule has 0 bridgehead atoms. The first kappa shape index (κ1) is 20.1. The van der Waals surface area contributed by atoms with Crippen LogP contribution in [-0.4, -0.2) is 17.8 Å². The average Bonchev–Trinajstić information content (AvgIpc) is 2.70. The normalized spacial score (nSPS) is 11.7. The maximum Gasteiger partial charge on any atom is 0.253 e. The highest BCUT2D eigenvalue weighted by atomic mass is 19.2. The zero-order valence-electron chi connectivity index (χ0n) is 14.7. The van der Waals surface area contributed by atoms with Crippen molar-refractivity contribution in [1.29, 1.82) is 0 Å². The Balaban J connectivity index is 2.03. The summed E-state index contributed by atoms with van der Waals surface area (Å²) in [5.74, 6) is -4.41. The molecular formula is C20H14F4N2O3. The summed E-state index contributed by atoms with van der Waals surface area (Å²) in [7, 11) is 0. The molecule has 2 N–H and O–H groups in total. The molecule has 0 spiro atoms. The van der Waals surface area contributed by atoms with Crippen LogP contribution in [0.2, 0.25) is 0 Å². The molecule has 1 atom stereocenters. The molecule has 1 amide bonds. The third-order valence-electron chi connectivity index (χ3n) is 4.11. The first-order valence-corrected chi connectivity index (χ1v) is 8.32.